The maximum Gasteiger partial charge on any atom is 0.289 e. The Bertz CT molecular complexity index is 1000. The summed E-state index contributed by atoms with van der Waals surface area (Å²) in [5.41, 5.74) is 2.91. The van der Waals surface area contributed by atoms with Gasteiger partial charge < -0.3 is 5.11 Å². The average molecular weight is 380 g/mol. The largest absolute Gasteiger partial charge is 0.507 e. The molecule has 0 saturated carbocycles. The second kappa shape index (κ2) is 7.27. The second-order valence-corrected chi connectivity index (χ2v) is 9.28. The number of aryl methyl sites for hydroxylation is 2. The standard InChI is InChI=1S/C23H29N3O2/c1-14-9-15(2)26(21(28)17(14)12-24)25-13-16-10-18(22(3,4)5)20(27)19(11-16)23(6,7)8/h9-11,13,27H,1-8H3/b25-13+. The Labute approximate surface area is 167 Å². The number of hydrogen-bond acceptors (Lipinski definition) is 4. The van der Waals surface area contributed by atoms with E-state index in [0.29, 0.717) is 17.0 Å². The van der Waals surface area contributed by atoms with Crippen molar-refractivity contribution in [2.75, 3.05) is 0 Å². The summed E-state index contributed by atoms with van der Waals surface area (Å²) >= 11 is 0. The molecular weight excluding hydrogens is 350 g/mol. The van der Waals surface area contributed by atoms with Gasteiger partial charge in [-0.15, -0.1) is 0 Å². The summed E-state index contributed by atoms with van der Waals surface area (Å²) in [5.74, 6) is 0.299. The van der Waals surface area contributed by atoms with Gasteiger partial charge in [0.25, 0.3) is 5.56 Å². The van der Waals surface area contributed by atoms with Crippen molar-refractivity contribution in [1.82, 2.24) is 4.68 Å². The molecule has 0 unspecified atom stereocenters. The Kier molecular flexibility index (Phi) is 5.57. The number of nitriles is 1. The fourth-order valence-electron chi connectivity index (χ4n) is 3.16. The van der Waals surface area contributed by atoms with E-state index in [9.17, 15) is 15.2 Å². The molecule has 5 nitrogen and oxygen atoms in total. The molecule has 1 heterocycles. The Hall–Kier alpha value is -2.87. The first-order valence-electron chi connectivity index (χ1n) is 9.33. The molecular formula is C23H29N3O2. The molecule has 2 rings (SSSR count). The van der Waals surface area contributed by atoms with Crippen molar-refractivity contribution >= 4 is 6.21 Å². The maximum absolute atomic E-state index is 12.6. The van der Waals surface area contributed by atoms with E-state index in [2.05, 4.69) is 5.10 Å². The van der Waals surface area contributed by atoms with E-state index in [4.69, 9.17) is 0 Å². The first kappa shape index (κ1) is 21.4. The lowest BCUT2D eigenvalue weighted by atomic mass is 9.78. The van der Waals surface area contributed by atoms with Gasteiger partial charge in [0.2, 0.25) is 0 Å². The molecule has 2 aromatic rings. The van der Waals surface area contributed by atoms with Crippen LogP contribution in [0.3, 0.4) is 0 Å². The zero-order valence-electron chi connectivity index (χ0n) is 18.0. The van der Waals surface area contributed by atoms with Crippen LogP contribution in [0.4, 0.5) is 0 Å². The van der Waals surface area contributed by atoms with Gasteiger partial charge >= 0.3 is 0 Å². The molecule has 5 heteroatoms. The highest BCUT2D eigenvalue weighted by Gasteiger charge is 2.26. The van der Waals surface area contributed by atoms with Crippen molar-refractivity contribution in [3.63, 3.8) is 0 Å². The summed E-state index contributed by atoms with van der Waals surface area (Å²) in [6, 6.07) is 7.52. The number of benzene rings is 1. The number of aromatic hydroxyl groups is 1. The van der Waals surface area contributed by atoms with Crippen LogP contribution in [-0.2, 0) is 10.8 Å². The van der Waals surface area contributed by atoms with Crippen LogP contribution < -0.4 is 5.56 Å². The van der Waals surface area contributed by atoms with Crippen molar-refractivity contribution in [3.8, 4) is 11.8 Å². The number of hydrogen-bond donors (Lipinski definition) is 1. The molecule has 0 spiro atoms. The van der Waals surface area contributed by atoms with Crippen LogP contribution >= 0.6 is 0 Å². The van der Waals surface area contributed by atoms with Gasteiger partial charge in [0, 0.05) is 16.8 Å². The van der Waals surface area contributed by atoms with E-state index in [0.717, 1.165) is 16.7 Å². The van der Waals surface area contributed by atoms with Gasteiger partial charge in [0.1, 0.15) is 17.4 Å². The number of phenolic OH excluding ortho intramolecular Hbond substituents is 1. The molecule has 1 aromatic carbocycles. The highest BCUT2D eigenvalue weighted by atomic mass is 16.3. The molecule has 1 aromatic heterocycles. The van der Waals surface area contributed by atoms with E-state index in [1.165, 1.54) is 4.68 Å². The van der Waals surface area contributed by atoms with Gasteiger partial charge in [0.05, 0.1) is 6.21 Å². The van der Waals surface area contributed by atoms with Crippen molar-refractivity contribution in [2.24, 2.45) is 5.10 Å². The Morgan fingerprint density at radius 1 is 1.04 bits per heavy atom. The van der Waals surface area contributed by atoms with E-state index < -0.39 is 5.56 Å². The normalized spacial score (nSPS) is 12.4. The Balaban J connectivity index is 2.69. The number of aromatic nitrogens is 1. The predicted octanol–water partition coefficient (Wildman–Crippen LogP) is 4.52. The zero-order valence-corrected chi connectivity index (χ0v) is 18.0. The summed E-state index contributed by atoms with van der Waals surface area (Å²) in [4.78, 5) is 12.6. The van der Waals surface area contributed by atoms with Gasteiger partial charge in [-0.1, -0.05) is 41.5 Å². The lowest BCUT2D eigenvalue weighted by Gasteiger charge is -2.27. The monoisotopic (exact) mass is 379 g/mol. The first-order valence-corrected chi connectivity index (χ1v) is 9.33. The molecule has 0 amide bonds. The maximum atomic E-state index is 12.6. The van der Waals surface area contributed by atoms with Crippen molar-refractivity contribution in [3.05, 3.63) is 62.1 Å². The van der Waals surface area contributed by atoms with E-state index >= 15 is 0 Å². The third-order valence-electron chi connectivity index (χ3n) is 4.74. The third-order valence-corrected chi connectivity index (χ3v) is 4.74. The van der Waals surface area contributed by atoms with Crippen molar-refractivity contribution in [2.45, 2.75) is 66.2 Å². The lowest BCUT2D eigenvalue weighted by Crippen LogP contribution is -2.23. The van der Waals surface area contributed by atoms with Crippen LogP contribution in [0.25, 0.3) is 0 Å². The average Bonchev–Trinajstić information content (AvgIpc) is 2.53. The number of phenols is 1. The van der Waals surface area contributed by atoms with Gasteiger partial charge in [-0.05, 0) is 54.0 Å². The van der Waals surface area contributed by atoms with Crippen LogP contribution in [0, 0.1) is 25.2 Å². The minimum absolute atomic E-state index is 0.0965. The molecule has 0 fully saturated rings. The fraction of sp³-hybridized carbons (Fsp3) is 0.435. The topological polar surface area (TPSA) is 78.4 Å². The minimum Gasteiger partial charge on any atom is -0.507 e. The van der Waals surface area contributed by atoms with Crippen LogP contribution in [0.15, 0.2) is 28.1 Å². The Morgan fingerprint density at radius 2 is 1.54 bits per heavy atom. The summed E-state index contributed by atoms with van der Waals surface area (Å²) in [5, 5.41) is 24.4. The fourth-order valence-corrected chi connectivity index (χ4v) is 3.16. The van der Waals surface area contributed by atoms with Crippen molar-refractivity contribution in [1.29, 1.82) is 5.26 Å². The van der Waals surface area contributed by atoms with E-state index in [1.807, 2.05) is 59.7 Å². The lowest BCUT2D eigenvalue weighted by molar-refractivity contribution is 0.423. The number of rotatable bonds is 2. The summed E-state index contributed by atoms with van der Waals surface area (Å²) < 4.78 is 1.24. The first-order chi connectivity index (χ1) is 12.8. The number of nitrogens with zero attached hydrogens (tertiary/aromatic N) is 3. The van der Waals surface area contributed by atoms with E-state index in [1.54, 1.807) is 26.1 Å². The highest BCUT2D eigenvalue weighted by Crippen LogP contribution is 2.39. The SMILES string of the molecule is Cc1cc(C)n(/N=C/c2cc(C(C)(C)C)c(O)c(C(C)(C)C)c2)c(=O)c1C#N. The third kappa shape index (κ3) is 4.17. The highest BCUT2D eigenvalue weighted by molar-refractivity contribution is 5.81. The molecule has 0 atom stereocenters. The molecule has 148 valence electrons. The molecule has 0 aliphatic carbocycles. The quantitative estimate of drug-likeness (QED) is 0.779. The molecule has 0 saturated heterocycles. The summed E-state index contributed by atoms with van der Waals surface area (Å²) in [6.07, 6.45) is 1.61. The van der Waals surface area contributed by atoms with Crippen LogP contribution in [-0.4, -0.2) is 16.0 Å². The minimum atomic E-state index is -0.429. The molecule has 0 radical (unpaired) electrons. The molecule has 0 aliphatic rings. The Morgan fingerprint density at radius 3 is 1.96 bits per heavy atom. The van der Waals surface area contributed by atoms with E-state index in [-0.39, 0.29) is 16.4 Å². The molecule has 1 N–H and O–H groups in total. The van der Waals surface area contributed by atoms with Gasteiger partial charge in [-0.3, -0.25) is 4.79 Å². The summed E-state index contributed by atoms with van der Waals surface area (Å²) in [6.45, 7) is 15.8. The van der Waals surface area contributed by atoms with Crippen LogP contribution in [0.5, 0.6) is 5.75 Å². The number of pyridine rings is 1. The molecule has 0 bridgehead atoms. The van der Waals surface area contributed by atoms with Gasteiger partial charge in [-0.2, -0.15) is 10.4 Å². The molecule has 28 heavy (non-hydrogen) atoms. The van der Waals surface area contributed by atoms with Crippen LogP contribution in [0.2, 0.25) is 0 Å². The zero-order chi connectivity index (χ0) is 21.4. The van der Waals surface area contributed by atoms with Gasteiger partial charge in [-0.25, -0.2) is 4.68 Å². The second-order valence-electron chi connectivity index (χ2n) is 9.28. The predicted molar refractivity (Wildman–Crippen MR) is 113 cm³/mol. The van der Waals surface area contributed by atoms with Crippen molar-refractivity contribution < 1.29 is 5.11 Å². The van der Waals surface area contributed by atoms with Gasteiger partial charge in [0.15, 0.2) is 0 Å². The summed E-state index contributed by atoms with van der Waals surface area (Å²) in [7, 11) is 0. The smallest absolute Gasteiger partial charge is 0.289 e. The molecule has 0 aliphatic heterocycles. The van der Waals surface area contributed by atoms with Crippen LogP contribution in [0.1, 0.15) is 75.1 Å².